The molecule has 0 saturated carbocycles. The van der Waals surface area contributed by atoms with Crippen molar-refractivity contribution in [1.82, 2.24) is 19.6 Å². The number of halogens is 1. The van der Waals surface area contributed by atoms with Gasteiger partial charge in [0.2, 0.25) is 5.91 Å². The molecule has 0 aliphatic carbocycles. The zero-order valence-corrected chi connectivity index (χ0v) is 18.3. The van der Waals surface area contributed by atoms with Gasteiger partial charge in [-0.15, -0.1) is 0 Å². The maximum absolute atomic E-state index is 14.2. The van der Waals surface area contributed by atoms with Crippen LogP contribution in [0.5, 0.6) is 0 Å². The van der Waals surface area contributed by atoms with E-state index in [1.165, 1.54) is 6.07 Å². The smallest absolute Gasteiger partial charge is 0.256 e. The number of hydrogen-bond acceptors (Lipinski definition) is 4. The molecule has 3 saturated heterocycles. The maximum Gasteiger partial charge on any atom is 0.256 e. The van der Waals surface area contributed by atoms with Gasteiger partial charge in [0, 0.05) is 70.4 Å². The number of piperidine rings is 1. The van der Waals surface area contributed by atoms with Gasteiger partial charge in [-0.25, -0.2) is 4.39 Å². The van der Waals surface area contributed by atoms with Crippen molar-refractivity contribution in [2.45, 2.75) is 51.2 Å². The molecule has 2 amide bonds. The second-order valence-electron chi connectivity index (χ2n) is 9.56. The molecule has 3 aliphatic rings. The highest BCUT2D eigenvalue weighted by atomic mass is 19.1. The molecule has 1 aromatic rings. The molecule has 164 valence electrons. The molecule has 1 atom stereocenters. The minimum Gasteiger partial charge on any atom is -0.343 e. The number of amides is 2. The molecule has 6 nitrogen and oxygen atoms in total. The summed E-state index contributed by atoms with van der Waals surface area (Å²) in [5.41, 5.74) is 0.0134. The van der Waals surface area contributed by atoms with Gasteiger partial charge in [0.1, 0.15) is 5.82 Å². The van der Waals surface area contributed by atoms with E-state index < -0.39 is 5.82 Å². The van der Waals surface area contributed by atoms with Crippen LogP contribution in [-0.2, 0) is 4.79 Å². The van der Waals surface area contributed by atoms with Crippen LogP contribution >= 0.6 is 0 Å². The van der Waals surface area contributed by atoms with Crippen LogP contribution in [0, 0.1) is 5.82 Å². The number of benzene rings is 1. The third-order valence-electron chi connectivity index (χ3n) is 7.12. The summed E-state index contributed by atoms with van der Waals surface area (Å²) in [7, 11) is 0. The summed E-state index contributed by atoms with van der Waals surface area (Å²) in [6.45, 7) is 11.8. The number of likely N-dealkylation sites (tertiary alicyclic amines) is 1. The Morgan fingerprint density at radius 3 is 2.33 bits per heavy atom. The van der Waals surface area contributed by atoms with E-state index in [2.05, 4.69) is 23.6 Å². The van der Waals surface area contributed by atoms with Crippen molar-refractivity contribution in [3.8, 4) is 0 Å². The van der Waals surface area contributed by atoms with Crippen LogP contribution in [-0.4, -0.2) is 94.8 Å². The van der Waals surface area contributed by atoms with Crippen molar-refractivity contribution < 1.29 is 14.0 Å². The standard InChI is InChI=1S/C23H33FN4O2/c1-17(29)25-10-8-18(9-11-25)26-12-13-28-19(14-26)15-27(16-23(28,2)3)22(30)20-6-4-5-7-21(20)24/h4-7,18-19H,8-16H2,1-3H3/t19-/m0/s1. The number of carbonyl (C=O) groups is 2. The SMILES string of the molecule is CC(=O)N1CCC(N2CCN3[C@H](CN(C(=O)c4ccccc4F)CC3(C)C)C2)CC1. The van der Waals surface area contributed by atoms with Crippen LogP contribution in [0.25, 0.3) is 0 Å². The lowest BCUT2D eigenvalue weighted by molar-refractivity contribution is -0.130. The van der Waals surface area contributed by atoms with Crippen molar-refractivity contribution in [3.05, 3.63) is 35.6 Å². The van der Waals surface area contributed by atoms with Gasteiger partial charge in [0.05, 0.1) is 5.56 Å². The Bertz CT molecular complexity index is 806. The Kier molecular flexibility index (Phi) is 5.86. The van der Waals surface area contributed by atoms with Crippen LogP contribution in [0.1, 0.15) is 44.0 Å². The second kappa shape index (κ2) is 8.27. The van der Waals surface area contributed by atoms with Gasteiger partial charge in [-0.1, -0.05) is 12.1 Å². The summed E-state index contributed by atoms with van der Waals surface area (Å²) < 4.78 is 14.2. The molecular formula is C23H33FN4O2. The van der Waals surface area contributed by atoms with Gasteiger partial charge in [-0.05, 0) is 38.8 Å². The van der Waals surface area contributed by atoms with E-state index in [9.17, 15) is 14.0 Å². The van der Waals surface area contributed by atoms with E-state index in [0.717, 1.165) is 45.6 Å². The Labute approximate surface area is 178 Å². The Morgan fingerprint density at radius 1 is 0.967 bits per heavy atom. The lowest BCUT2D eigenvalue weighted by atomic mass is 9.91. The summed E-state index contributed by atoms with van der Waals surface area (Å²) in [6.07, 6.45) is 2.02. The normalized spacial score (nSPS) is 25.8. The first-order chi connectivity index (χ1) is 14.3. The molecular weight excluding hydrogens is 383 g/mol. The van der Waals surface area contributed by atoms with Gasteiger partial charge >= 0.3 is 0 Å². The Hall–Kier alpha value is -1.99. The molecule has 0 N–H and O–H groups in total. The minimum absolute atomic E-state index is 0.145. The van der Waals surface area contributed by atoms with Crippen LogP contribution in [0.2, 0.25) is 0 Å². The summed E-state index contributed by atoms with van der Waals surface area (Å²) in [5, 5.41) is 0. The predicted octanol–water partition coefficient (Wildman–Crippen LogP) is 2.06. The quantitative estimate of drug-likeness (QED) is 0.741. The van der Waals surface area contributed by atoms with E-state index >= 15 is 0 Å². The zero-order chi connectivity index (χ0) is 21.5. The molecule has 1 aromatic carbocycles. The molecule has 4 rings (SSSR count). The molecule has 3 fully saturated rings. The lowest BCUT2D eigenvalue weighted by Crippen LogP contribution is -2.71. The van der Waals surface area contributed by atoms with Gasteiger partial charge in [-0.3, -0.25) is 19.4 Å². The highest BCUT2D eigenvalue weighted by Gasteiger charge is 2.45. The number of carbonyl (C=O) groups excluding carboxylic acids is 2. The zero-order valence-electron chi connectivity index (χ0n) is 18.3. The minimum atomic E-state index is -0.453. The first kappa shape index (κ1) is 21.2. The average Bonchev–Trinajstić information content (AvgIpc) is 2.72. The summed E-state index contributed by atoms with van der Waals surface area (Å²) in [5.74, 6) is -0.507. The molecule has 3 aliphatic heterocycles. The van der Waals surface area contributed by atoms with E-state index in [1.54, 1.807) is 25.1 Å². The Morgan fingerprint density at radius 2 is 1.67 bits per heavy atom. The fraction of sp³-hybridized carbons (Fsp3) is 0.652. The van der Waals surface area contributed by atoms with E-state index in [-0.39, 0.29) is 29.0 Å². The topological polar surface area (TPSA) is 47.1 Å². The number of rotatable bonds is 2. The maximum atomic E-state index is 14.2. The van der Waals surface area contributed by atoms with Gasteiger partial charge in [0.25, 0.3) is 5.91 Å². The summed E-state index contributed by atoms with van der Waals surface area (Å²) in [4.78, 5) is 33.6. The van der Waals surface area contributed by atoms with Crippen LogP contribution < -0.4 is 0 Å². The molecule has 0 spiro atoms. The fourth-order valence-corrected chi connectivity index (χ4v) is 5.55. The summed E-state index contributed by atoms with van der Waals surface area (Å²) >= 11 is 0. The third kappa shape index (κ3) is 4.10. The van der Waals surface area contributed by atoms with E-state index in [4.69, 9.17) is 0 Å². The van der Waals surface area contributed by atoms with Gasteiger partial charge in [-0.2, -0.15) is 0 Å². The first-order valence-electron chi connectivity index (χ1n) is 11.1. The van der Waals surface area contributed by atoms with Crippen molar-refractivity contribution in [3.63, 3.8) is 0 Å². The number of nitrogens with zero attached hydrogens (tertiary/aromatic N) is 4. The highest BCUT2D eigenvalue weighted by molar-refractivity contribution is 5.94. The lowest BCUT2D eigenvalue weighted by Gasteiger charge is -2.56. The predicted molar refractivity (Wildman–Crippen MR) is 114 cm³/mol. The number of hydrogen-bond donors (Lipinski definition) is 0. The molecule has 7 heteroatoms. The largest absolute Gasteiger partial charge is 0.343 e. The van der Waals surface area contributed by atoms with Crippen molar-refractivity contribution in [2.75, 3.05) is 45.8 Å². The van der Waals surface area contributed by atoms with Crippen LogP contribution in [0.4, 0.5) is 4.39 Å². The van der Waals surface area contributed by atoms with E-state index in [0.29, 0.717) is 19.1 Å². The second-order valence-corrected chi connectivity index (χ2v) is 9.56. The molecule has 0 bridgehead atoms. The Balaban J connectivity index is 1.45. The van der Waals surface area contributed by atoms with E-state index in [1.807, 2.05) is 9.80 Å². The average molecular weight is 417 g/mol. The molecule has 0 aromatic heterocycles. The monoisotopic (exact) mass is 416 g/mol. The van der Waals surface area contributed by atoms with Gasteiger partial charge in [0.15, 0.2) is 0 Å². The molecule has 0 unspecified atom stereocenters. The fourth-order valence-electron chi connectivity index (χ4n) is 5.55. The third-order valence-corrected chi connectivity index (χ3v) is 7.12. The number of piperazine rings is 2. The van der Waals surface area contributed by atoms with Gasteiger partial charge < -0.3 is 9.80 Å². The van der Waals surface area contributed by atoms with Crippen LogP contribution in [0.3, 0.4) is 0 Å². The van der Waals surface area contributed by atoms with Crippen LogP contribution in [0.15, 0.2) is 24.3 Å². The van der Waals surface area contributed by atoms with Crippen molar-refractivity contribution in [1.29, 1.82) is 0 Å². The van der Waals surface area contributed by atoms with Crippen molar-refractivity contribution in [2.24, 2.45) is 0 Å². The van der Waals surface area contributed by atoms with Crippen molar-refractivity contribution >= 4 is 11.8 Å². The first-order valence-corrected chi connectivity index (χ1v) is 11.1. The molecule has 3 heterocycles. The summed E-state index contributed by atoms with van der Waals surface area (Å²) in [6, 6.07) is 6.99. The number of fused-ring (bicyclic) bond motifs is 1. The molecule has 30 heavy (non-hydrogen) atoms. The molecule has 0 radical (unpaired) electrons. The highest BCUT2D eigenvalue weighted by Crippen LogP contribution is 2.31.